The molecule has 1 aromatic heterocycles. The quantitative estimate of drug-likeness (QED) is 0.779. The fraction of sp³-hybridized carbons (Fsp3) is 0.667. The van der Waals surface area contributed by atoms with E-state index in [9.17, 15) is 13.2 Å². The first kappa shape index (κ1) is 10.4. The fourth-order valence-electron chi connectivity index (χ4n) is 0.645. The lowest BCUT2D eigenvalue weighted by Gasteiger charge is -2.02. The Morgan fingerprint density at radius 3 is 2.62 bits per heavy atom. The number of aromatic nitrogens is 3. The molecule has 0 amide bonds. The molecular weight excluding hydrogens is 203 g/mol. The second kappa shape index (κ2) is 3.99. The van der Waals surface area contributed by atoms with Crippen molar-refractivity contribution in [1.82, 2.24) is 15.2 Å². The molecule has 3 nitrogen and oxygen atoms in total. The first-order chi connectivity index (χ1) is 5.97. The highest BCUT2D eigenvalue weighted by atomic mass is 32.2. The molecular formula is C6H8F3N3S. The summed E-state index contributed by atoms with van der Waals surface area (Å²) < 4.78 is 35.1. The number of halogens is 3. The summed E-state index contributed by atoms with van der Waals surface area (Å²) in [6.45, 7) is 1.70. The predicted octanol–water partition coefficient (Wildman–Crippen LogP) is 2.16. The Labute approximate surface area is 77.1 Å². The van der Waals surface area contributed by atoms with E-state index in [1.807, 2.05) is 0 Å². The van der Waals surface area contributed by atoms with Gasteiger partial charge in [0.1, 0.15) is 5.82 Å². The van der Waals surface area contributed by atoms with Crippen LogP contribution >= 0.6 is 11.8 Å². The van der Waals surface area contributed by atoms with Gasteiger partial charge in [0, 0.05) is 5.75 Å². The molecule has 1 heterocycles. The van der Waals surface area contributed by atoms with E-state index >= 15 is 0 Å². The SMILES string of the molecule is Cc1nc(SCCC(F)(F)F)n[nH]1. The molecule has 1 rings (SSSR count). The molecule has 0 atom stereocenters. The lowest BCUT2D eigenvalue weighted by molar-refractivity contribution is -0.129. The second-order valence-electron chi connectivity index (χ2n) is 2.42. The summed E-state index contributed by atoms with van der Waals surface area (Å²) in [6, 6.07) is 0. The Bertz CT molecular complexity index is 270. The van der Waals surface area contributed by atoms with Gasteiger partial charge < -0.3 is 0 Å². The van der Waals surface area contributed by atoms with E-state index in [-0.39, 0.29) is 5.75 Å². The van der Waals surface area contributed by atoms with Gasteiger partial charge in [-0.05, 0) is 6.92 Å². The number of nitrogens with zero attached hydrogens (tertiary/aromatic N) is 2. The van der Waals surface area contributed by atoms with E-state index in [1.54, 1.807) is 6.92 Å². The molecule has 0 aromatic carbocycles. The molecule has 0 aliphatic heterocycles. The van der Waals surface area contributed by atoms with Gasteiger partial charge in [0.15, 0.2) is 0 Å². The van der Waals surface area contributed by atoms with E-state index in [0.29, 0.717) is 11.0 Å². The van der Waals surface area contributed by atoms with Gasteiger partial charge in [-0.25, -0.2) is 4.98 Å². The van der Waals surface area contributed by atoms with Gasteiger partial charge in [0.05, 0.1) is 6.42 Å². The number of hydrogen-bond donors (Lipinski definition) is 1. The third-order valence-electron chi connectivity index (χ3n) is 1.19. The summed E-state index contributed by atoms with van der Waals surface area (Å²) in [7, 11) is 0. The molecule has 0 fully saturated rings. The Morgan fingerprint density at radius 2 is 2.15 bits per heavy atom. The zero-order valence-corrected chi connectivity index (χ0v) is 7.67. The van der Waals surface area contributed by atoms with Crippen LogP contribution in [-0.4, -0.2) is 27.1 Å². The highest BCUT2D eigenvalue weighted by molar-refractivity contribution is 7.99. The van der Waals surface area contributed by atoms with Crippen molar-refractivity contribution in [3.63, 3.8) is 0 Å². The van der Waals surface area contributed by atoms with Crippen LogP contribution in [0.15, 0.2) is 5.16 Å². The van der Waals surface area contributed by atoms with Crippen LogP contribution in [0.3, 0.4) is 0 Å². The molecule has 0 saturated heterocycles. The van der Waals surface area contributed by atoms with Crippen molar-refractivity contribution in [3.8, 4) is 0 Å². The largest absolute Gasteiger partial charge is 0.389 e. The Morgan fingerprint density at radius 1 is 1.46 bits per heavy atom. The third kappa shape index (κ3) is 4.16. The highest BCUT2D eigenvalue weighted by Gasteiger charge is 2.26. The van der Waals surface area contributed by atoms with Gasteiger partial charge >= 0.3 is 6.18 Å². The molecule has 74 valence electrons. The van der Waals surface area contributed by atoms with Crippen molar-refractivity contribution in [1.29, 1.82) is 0 Å². The van der Waals surface area contributed by atoms with Gasteiger partial charge in [0.25, 0.3) is 0 Å². The van der Waals surface area contributed by atoms with Gasteiger partial charge in [-0.2, -0.15) is 13.2 Å². The van der Waals surface area contributed by atoms with Crippen molar-refractivity contribution in [2.45, 2.75) is 24.7 Å². The van der Waals surface area contributed by atoms with Crippen molar-refractivity contribution in [2.24, 2.45) is 0 Å². The van der Waals surface area contributed by atoms with Crippen LogP contribution < -0.4 is 0 Å². The summed E-state index contributed by atoms with van der Waals surface area (Å²) in [5, 5.41) is 6.61. The molecule has 0 aliphatic rings. The number of nitrogens with one attached hydrogen (secondary N) is 1. The predicted molar refractivity (Wildman–Crippen MR) is 42.5 cm³/mol. The average molecular weight is 211 g/mol. The van der Waals surface area contributed by atoms with E-state index in [0.717, 1.165) is 11.8 Å². The highest BCUT2D eigenvalue weighted by Crippen LogP contribution is 2.24. The van der Waals surface area contributed by atoms with Crippen LogP contribution in [0.2, 0.25) is 0 Å². The average Bonchev–Trinajstić information content (AvgIpc) is 2.33. The number of aryl methyl sites for hydroxylation is 1. The lowest BCUT2D eigenvalue weighted by Crippen LogP contribution is -2.08. The maximum atomic E-state index is 11.7. The standard InChI is InChI=1S/C6H8F3N3S/c1-4-10-5(12-11-4)13-3-2-6(7,8)9/h2-3H2,1H3,(H,10,11,12). The fourth-order valence-corrected chi connectivity index (χ4v) is 1.47. The molecule has 0 bridgehead atoms. The minimum absolute atomic E-state index is 0.0409. The maximum absolute atomic E-state index is 11.7. The zero-order chi connectivity index (χ0) is 9.90. The molecule has 1 N–H and O–H groups in total. The van der Waals surface area contributed by atoms with Crippen molar-refractivity contribution >= 4 is 11.8 Å². The summed E-state index contributed by atoms with van der Waals surface area (Å²) >= 11 is 0.995. The smallest absolute Gasteiger partial charge is 0.262 e. The molecule has 0 radical (unpaired) electrons. The lowest BCUT2D eigenvalue weighted by atomic mass is 10.5. The normalized spacial score (nSPS) is 12.0. The topological polar surface area (TPSA) is 41.6 Å². The number of thioether (sulfide) groups is 1. The van der Waals surface area contributed by atoms with Crippen LogP contribution in [0.5, 0.6) is 0 Å². The first-order valence-corrected chi connectivity index (χ1v) is 4.54. The van der Waals surface area contributed by atoms with Crippen molar-refractivity contribution in [3.05, 3.63) is 5.82 Å². The summed E-state index contributed by atoms with van der Waals surface area (Å²) in [5.41, 5.74) is 0. The van der Waals surface area contributed by atoms with Gasteiger partial charge in [0.2, 0.25) is 5.16 Å². The first-order valence-electron chi connectivity index (χ1n) is 3.56. The Kier molecular flexibility index (Phi) is 3.18. The number of aromatic amines is 1. The zero-order valence-electron chi connectivity index (χ0n) is 6.85. The molecule has 7 heteroatoms. The summed E-state index contributed by atoms with van der Waals surface area (Å²) in [6.07, 6.45) is -4.91. The second-order valence-corrected chi connectivity index (χ2v) is 3.48. The van der Waals surface area contributed by atoms with Crippen molar-refractivity contribution in [2.75, 3.05) is 5.75 Å². The van der Waals surface area contributed by atoms with Crippen LogP contribution in [0.1, 0.15) is 12.2 Å². The molecule has 1 aromatic rings. The van der Waals surface area contributed by atoms with Gasteiger partial charge in [-0.1, -0.05) is 11.8 Å². The van der Waals surface area contributed by atoms with Crippen LogP contribution in [-0.2, 0) is 0 Å². The molecule has 13 heavy (non-hydrogen) atoms. The molecule has 0 spiro atoms. The number of rotatable bonds is 3. The van der Waals surface area contributed by atoms with Crippen molar-refractivity contribution < 1.29 is 13.2 Å². The van der Waals surface area contributed by atoms with E-state index in [1.165, 1.54) is 0 Å². The van der Waals surface area contributed by atoms with Crippen LogP contribution in [0.25, 0.3) is 0 Å². The number of hydrogen-bond acceptors (Lipinski definition) is 3. The van der Waals surface area contributed by atoms with Gasteiger partial charge in [-0.15, -0.1) is 5.10 Å². The van der Waals surface area contributed by atoms with Crippen LogP contribution in [0, 0.1) is 6.92 Å². The molecule has 0 aliphatic carbocycles. The molecule has 0 saturated carbocycles. The minimum atomic E-state index is -4.10. The van der Waals surface area contributed by atoms with Crippen LogP contribution in [0.4, 0.5) is 13.2 Å². The summed E-state index contributed by atoms with van der Waals surface area (Å²) in [4.78, 5) is 3.86. The number of H-pyrrole nitrogens is 1. The molecule has 0 unspecified atom stereocenters. The van der Waals surface area contributed by atoms with E-state index in [2.05, 4.69) is 15.2 Å². The number of alkyl halides is 3. The van der Waals surface area contributed by atoms with E-state index in [4.69, 9.17) is 0 Å². The summed E-state index contributed by atoms with van der Waals surface area (Å²) in [5.74, 6) is 0.565. The van der Waals surface area contributed by atoms with Gasteiger partial charge in [-0.3, -0.25) is 5.10 Å². The third-order valence-corrected chi connectivity index (χ3v) is 2.04. The Balaban J connectivity index is 2.28. The van der Waals surface area contributed by atoms with E-state index < -0.39 is 12.6 Å². The monoisotopic (exact) mass is 211 g/mol. The minimum Gasteiger partial charge on any atom is -0.262 e. The maximum Gasteiger partial charge on any atom is 0.389 e. The Hall–Kier alpha value is -0.720.